The minimum atomic E-state index is -3.31. The largest absolute Gasteiger partial charge is 0.330 e. The molecular weight excluding hydrogens is 322 g/mol. The molecule has 3 rings (SSSR count). The molecule has 0 radical (unpaired) electrons. The molecule has 1 N–H and O–H groups in total. The van der Waals surface area contributed by atoms with Crippen LogP contribution in [0.25, 0.3) is 11.0 Å². The van der Waals surface area contributed by atoms with Gasteiger partial charge in [-0.05, 0) is 30.5 Å². The van der Waals surface area contributed by atoms with Gasteiger partial charge in [-0.1, -0.05) is 42.5 Å². The van der Waals surface area contributed by atoms with E-state index >= 15 is 0 Å². The normalized spacial score (nSPS) is 11.9. The van der Waals surface area contributed by atoms with E-state index in [0.29, 0.717) is 12.2 Å². The number of aromatic nitrogens is 2. The first kappa shape index (κ1) is 16.7. The molecule has 0 aliphatic rings. The van der Waals surface area contributed by atoms with Gasteiger partial charge in [0.05, 0.1) is 23.3 Å². The summed E-state index contributed by atoms with van der Waals surface area (Å²) in [4.78, 5) is 4.48. The molecule has 1 heterocycles. The quantitative estimate of drug-likeness (QED) is 0.717. The molecule has 3 aromatic rings. The molecule has 126 valence electrons. The number of imidazole rings is 1. The highest BCUT2D eigenvalue weighted by Gasteiger charge is 2.13. The zero-order chi connectivity index (χ0) is 17.0. The van der Waals surface area contributed by atoms with Crippen LogP contribution < -0.4 is 4.72 Å². The van der Waals surface area contributed by atoms with E-state index in [-0.39, 0.29) is 12.3 Å². The van der Waals surface area contributed by atoms with E-state index in [1.165, 1.54) is 0 Å². The Hall–Kier alpha value is -2.18. The van der Waals surface area contributed by atoms with Crippen molar-refractivity contribution in [3.63, 3.8) is 0 Å². The lowest BCUT2D eigenvalue weighted by atomic mass is 10.1. The van der Waals surface area contributed by atoms with Gasteiger partial charge >= 0.3 is 0 Å². The highest BCUT2D eigenvalue weighted by atomic mass is 32.2. The van der Waals surface area contributed by atoms with Crippen molar-refractivity contribution in [3.8, 4) is 0 Å². The van der Waals surface area contributed by atoms with Crippen molar-refractivity contribution in [2.75, 3.05) is 5.75 Å². The molecule has 0 aliphatic heterocycles. The molecule has 0 fully saturated rings. The van der Waals surface area contributed by atoms with E-state index < -0.39 is 10.0 Å². The number of nitrogens with one attached hydrogen (secondary N) is 1. The summed E-state index contributed by atoms with van der Waals surface area (Å²) in [6, 6.07) is 17.7. The average Bonchev–Trinajstić information content (AvgIpc) is 2.91. The van der Waals surface area contributed by atoms with Gasteiger partial charge in [0.15, 0.2) is 0 Å². The summed E-state index contributed by atoms with van der Waals surface area (Å²) >= 11 is 0. The number of hydrogen-bond acceptors (Lipinski definition) is 3. The van der Waals surface area contributed by atoms with E-state index in [1.54, 1.807) is 0 Å². The Morgan fingerprint density at radius 3 is 2.50 bits per heavy atom. The van der Waals surface area contributed by atoms with Gasteiger partial charge in [-0.2, -0.15) is 0 Å². The lowest BCUT2D eigenvalue weighted by Crippen LogP contribution is -2.27. The van der Waals surface area contributed by atoms with Crippen LogP contribution in [-0.2, 0) is 30.0 Å². The molecule has 24 heavy (non-hydrogen) atoms. The minimum absolute atomic E-state index is 0.117. The standard InChI is InChI=1S/C18H21N3O2S/c1-21-17-12-6-5-11-16(17)20-18(21)14-19-24(22,23)13-7-10-15-8-3-2-4-9-15/h2-6,8-9,11-12,19H,7,10,13-14H2,1H3. The van der Waals surface area contributed by atoms with Crippen LogP contribution >= 0.6 is 0 Å². The third-order valence-corrected chi connectivity index (χ3v) is 5.46. The third-order valence-electron chi connectivity index (χ3n) is 4.05. The Bertz CT molecular complexity index is 918. The number of hydrogen-bond donors (Lipinski definition) is 1. The predicted molar refractivity (Wildman–Crippen MR) is 96.1 cm³/mol. The average molecular weight is 343 g/mol. The molecule has 5 nitrogen and oxygen atoms in total. The first-order valence-corrected chi connectivity index (χ1v) is 9.62. The fourth-order valence-electron chi connectivity index (χ4n) is 2.71. The highest BCUT2D eigenvalue weighted by Crippen LogP contribution is 2.14. The van der Waals surface area contributed by atoms with Crippen molar-refractivity contribution in [1.29, 1.82) is 0 Å². The number of rotatable bonds is 7. The van der Waals surface area contributed by atoms with Crippen LogP contribution in [0.4, 0.5) is 0 Å². The van der Waals surface area contributed by atoms with Crippen molar-refractivity contribution in [1.82, 2.24) is 14.3 Å². The molecule has 2 aromatic carbocycles. The second-order valence-electron chi connectivity index (χ2n) is 5.80. The fourth-order valence-corrected chi connectivity index (χ4v) is 3.73. The summed E-state index contributed by atoms with van der Waals surface area (Å²) in [6.07, 6.45) is 1.36. The van der Waals surface area contributed by atoms with Gasteiger partial charge in [0, 0.05) is 7.05 Å². The summed E-state index contributed by atoms with van der Waals surface area (Å²) in [5, 5.41) is 0. The number of fused-ring (bicyclic) bond motifs is 1. The zero-order valence-electron chi connectivity index (χ0n) is 13.6. The molecule has 0 aliphatic carbocycles. The molecular formula is C18H21N3O2S. The van der Waals surface area contributed by atoms with Crippen molar-refractivity contribution < 1.29 is 8.42 Å². The lowest BCUT2D eigenvalue weighted by molar-refractivity contribution is 0.575. The van der Waals surface area contributed by atoms with Gasteiger partial charge in [-0.3, -0.25) is 0 Å². The van der Waals surface area contributed by atoms with Crippen molar-refractivity contribution >= 4 is 21.1 Å². The minimum Gasteiger partial charge on any atom is -0.330 e. The predicted octanol–water partition coefficient (Wildman–Crippen LogP) is 2.63. The molecule has 0 amide bonds. The lowest BCUT2D eigenvalue weighted by Gasteiger charge is -2.07. The molecule has 0 saturated carbocycles. The highest BCUT2D eigenvalue weighted by molar-refractivity contribution is 7.89. The van der Waals surface area contributed by atoms with Gasteiger partial charge in [0.2, 0.25) is 10.0 Å². The smallest absolute Gasteiger partial charge is 0.212 e. The second kappa shape index (κ2) is 7.15. The maximum atomic E-state index is 12.2. The first-order valence-electron chi connectivity index (χ1n) is 7.97. The van der Waals surface area contributed by atoms with E-state index in [4.69, 9.17) is 0 Å². The number of para-hydroxylation sites is 2. The van der Waals surface area contributed by atoms with Gasteiger partial charge in [-0.15, -0.1) is 0 Å². The summed E-state index contributed by atoms with van der Waals surface area (Å²) in [5.74, 6) is 0.828. The van der Waals surface area contributed by atoms with Gasteiger partial charge < -0.3 is 4.57 Å². The van der Waals surface area contributed by atoms with E-state index in [0.717, 1.165) is 23.0 Å². The number of sulfonamides is 1. The van der Waals surface area contributed by atoms with Gasteiger partial charge in [0.1, 0.15) is 5.82 Å². The zero-order valence-corrected chi connectivity index (χ0v) is 14.5. The molecule has 0 unspecified atom stereocenters. The van der Waals surface area contributed by atoms with E-state index in [1.807, 2.05) is 66.2 Å². The van der Waals surface area contributed by atoms with Gasteiger partial charge in [0.25, 0.3) is 0 Å². The second-order valence-corrected chi connectivity index (χ2v) is 7.73. The van der Waals surface area contributed by atoms with E-state index in [9.17, 15) is 8.42 Å². The van der Waals surface area contributed by atoms with E-state index in [2.05, 4.69) is 9.71 Å². The summed E-state index contributed by atoms with van der Waals surface area (Å²) in [7, 11) is -1.41. The number of benzene rings is 2. The van der Waals surface area contributed by atoms with Crippen LogP contribution in [0.2, 0.25) is 0 Å². The summed E-state index contributed by atoms with van der Waals surface area (Å²) in [6.45, 7) is 0.207. The van der Waals surface area contributed by atoms with Crippen molar-refractivity contribution in [3.05, 3.63) is 66.0 Å². The van der Waals surface area contributed by atoms with Crippen LogP contribution in [0.15, 0.2) is 54.6 Å². The van der Waals surface area contributed by atoms with Crippen LogP contribution in [0.1, 0.15) is 17.8 Å². The summed E-state index contributed by atoms with van der Waals surface area (Å²) < 4.78 is 28.9. The summed E-state index contributed by atoms with van der Waals surface area (Å²) in [5.41, 5.74) is 3.03. The maximum absolute atomic E-state index is 12.2. The SMILES string of the molecule is Cn1c(CNS(=O)(=O)CCCc2ccccc2)nc2ccccc21. The van der Waals surface area contributed by atoms with Crippen LogP contribution in [0, 0.1) is 0 Å². The maximum Gasteiger partial charge on any atom is 0.212 e. The Labute approximate surface area is 142 Å². The van der Waals surface area contributed by atoms with Crippen LogP contribution in [-0.4, -0.2) is 23.7 Å². The molecule has 6 heteroatoms. The van der Waals surface area contributed by atoms with Crippen molar-refractivity contribution in [2.24, 2.45) is 7.05 Å². The van der Waals surface area contributed by atoms with Crippen molar-refractivity contribution in [2.45, 2.75) is 19.4 Å². The van der Waals surface area contributed by atoms with Crippen LogP contribution in [0.5, 0.6) is 0 Å². The molecule has 0 saturated heterocycles. The molecule has 0 atom stereocenters. The monoisotopic (exact) mass is 343 g/mol. The topological polar surface area (TPSA) is 64.0 Å². The molecule has 1 aromatic heterocycles. The Kier molecular flexibility index (Phi) is 4.97. The number of nitrogens with zero attached hydrogens (tertiary/aromatic N) is 2. The first-order chi connectivity index (χ1) is 11.6. The Balaban J connectivity index is 1.57. The Morgan fingerprint density at radius 2 is 1.75 bits per heavy atom. The molecule has 0 bridgehead atoms. The Morgan fingerprint density at radius 1 is 1.04 bits per heavy atom. The fraction of sp³-hybridized carbons (Fsp3) is 0.278. The number of aryl methyl sites for hydroxylation is 2. The third kappa shape index (κ3) is 4.01. The van der Waals surface area contributed by atoms with Crippen LogP contribution in [0.3, 0.4) is 0 Å². The van der Waals surface area contributed by atoms with Gasteiger partial charge in [-0.25, -0.2) is 18.1 Å². The molecule has 0 spiro atoms.